The summed E-state index contributed by atoms with van der Waals surface area (Å²) >= 11 is 11.5. The van der Waals surface area contributed by atoms with Crippen LogP contribution in [0.4, 0.5) is 0 Å². The van der Waals surface area contributed by atoms with Crippen molar-refractivity contribution in [2.24, 2.45) is 0 Å². The molecule has 2 N–H and O–H groups in total. The van der Waals surface area contributed by atoms with Crippen LogP contribution in [0.25, 0.3) is 0 Å². The van der Waals surface area contributed by atoms with E-state index in [4.69, 9.17) is 27.8 Å². The smallest absolute Gasteiger partial charge is 0.314 e. The summed E-state index contributed by atoms with van der Waals surface area (Å²) in [6.07, 6.45) is 0. The van der Waals surface area contributed by atoms with Crippen molar-refractivity contribution in [1.29, 1.82) is 0 Å². The van der Waals surface area contributed by atoms with Gasteiger partial charge in [0.1, 0.15) is 5.16 Å². The van der Waals surface area contributed by atoms with Gasteiger partial charge in [-0.15, -0.1) is 0 Å². The minimum atomic E-state index is -4.35. The second-order valence-corrected chi connectivity index (χ2v) is 6.05. The first kappa shape index (κ1) is 9.47. The Labute approximate surface area is 77.7 Å². The fourth-order valence-corrected chi connectivity index (χ4v) is 2.48. The van der Waals surface area contributed by atoms with E-state index >= 15 is 0 Å². The summed E-state index contributed by atoms with van der Waals surface area (Å²) in [5.41, 5.74) is 0. The van der Waals surface area contributed by atoms with Crippen LogP contribution in [0.1, 0.15) is 0 Å². The van der Waals surface area contributed by atoms with Gasteiger partial charge in [-0.25, -0.2) is 0 Å². The van der Waals surface area contributed by atoms with Gasteiger partial charge < -0.3 is 5.32 Å². The van der Waals surface area contributed by atoms with Gasteiger partial charge in [-0.05, 0) is 0 Å². The van der Waals surface area contributed by atoms with Gasteiger partial charge in [-0.1, -0.05) is 35.0 Å². The number of halogens is 2. The lowest BCUT2D eigenvalue weighted by molar-refractivity contribution is 0.471. The largest absolute Gasteiger partial charge is 0.334 e. The molecule has 64 valence electrons. The molecule has 0 aromatic carbocycles. The predicted molar refractivity (Wildman–Crippen MR) is 44.8 cm³/mol. The van der Waals surface area contributed by atoms with Gasteiger partial charge >= 0.3 is 10.1 Å². The number of hydrogen-bond donors (Lipinski definition) is 2. The number of thioether (sulfide) groups is 1. The van der Waals surface area contributed by atoms with Crippen molar-refractivity contribution >= 4 is 45.1 Å². The lowest BCUT2D eigenvalue weighted by Crippen LogP contribution is -2.38. The molecule has 0 amide bonds. The standard InChI is InChI=1S/C3H3Cl2NO3S2/c4-2-1-10-3(5,6-2)11(7,8)9/h1,6H,(H,7,8,9). The molecule has 0 fully saturated rings. The van der Waals surface area contributed by atoms with Crippen LogP contribution in [0.15, 0.2) is 10.6 Å². The Morgan fingerprint density at radius 3 is 2.45 bits per heavy atom. The Bertz CT molecular complexity index is 300. The summed E-state index contributed by atoms with van der Waals surface area (Å²) in [7, 11) is -4.35. The van der Waals surface area contributed by atoms with E-state index in [0.717, 1.165) is 0 Å². The molecule has 1 atom stereocenters. The van der Waals surface area contributed by atoms with E-state index in [2.05, 4.69) is 5.32 Å². The van der Waals surface area contributed by atoms with Gasteiger partial charge in [0.25, 0.3) is 3.66 Å². The van der Waals surface area contributed by atoms with Crippen LogP contribution in [0, 0.1) is 0 Å². The van der Waals surface area contributed by atoms with Gasteiger partial charge in [0.05, 0.1) is 0 Å². The van der Waals surface area contributed by atoms with Gasteiger partial charge in [-0.3, -0.25) is 4.55 Å². The van der Waals surface area contributed by atoms with Crippen LogP contribution >= 0.6 is 35.0 Å². The average molecular weight is 236 g/mol. The Morgan fingerprint density at radius 1 is 1.73 bits per heavy atom. The molecule has 0 radical (unpaired) electrons. The lowest BCUT2D eigenvalue weighted by atomic mass is 11.0. The van der Waals surface area contributed by atoms with E-state index < -0.39 is 13.8 Å². The van der Waals surface area contributed by atoms with Crippen molar-refractivity contribution in [2.75, 3.05) is 0 Å². The third-order valence-corrected chi connectivity index (χ3v) is 4.64. The summed E-state index contributed by atoms with van der Waals surface area (Å²) in [6.45, 7) is 0. The third kappa shape index (κ3) is 1.75. The second-order valence-electron chi connectivity index (χ2n) is 1.72. The maximum Gasteiger partial charge on any atom is 0.314 e. The Hall–Kier alpha value is 0.380. The molecule has 11 heavy (non-hydrogen) atoms. The highest BCUT2D eigenvalue weighted by molar-refractivity contribution is 8.16. The number of hydrogen-bond acceptors (Lipinski definition) is 4. The molecule has 0 aromatic heterocycles. The highest BCUT2D eigenvalue weighted by Gasteiger charge is 2.45. The van der Waals surface area contributed by atoms with Crippen LogP contribution < -0.4 is 5.32 Å². The Balaban J connectivity index is 2.92. The van der Waals surface area contributed by atoms with E-state index in [1.807, 2.05) is 0 Å². The van der Waals surface area contributed by atoms with Crippen LogP contribution in [-0.2, 0) is 10.1 Å². The summed E-state index contributed by atoms with van der Waals surface area (Å²) in [5, 5.41) is 3.57. The van der Waals surface area contributed by atoms with Crippen molar-refractivity contribution in [1.82, 2.24) is 5.32 Å². The minimum absolute atomic E-state index is 0.0858. The highest BCUT2D eigenvalue weighted by atomic mass is 35.5. The van der Waals surface area contributed by atoms with Gasteiger partial charge in [0.15, 0.2) is 0 Å². The topological polar surface area (TPSA) is 66.4 Å². The molecule has 1 aliphatic rings. The van der Waals surface area contributed by atoms with Crippen molar-refractivity contribution in [3.63, 3.8) is 0 Å². The van der Waals surface area contributed by atoms with Gasteiger partial charge in [0, 0.05) is 5.41 Å². The fourth-order valence-electron chi connectivity index (χ4n) is 0.454. The van der Waals surface area contributed by atoms with Crippen LogP contribution in [0.3, 0.4) is 0 Å². The Morgan fingerprint density at radius 2 is 2.27 bits per heavy atom. The molecule has 0 saturated carbocycles. The molecule has 0 saturated heterocycles. The molecular weight excluding hydrogens is 233 g/mol. The van der Waals surface area contributed by atoms with Crippen molar-refractivity contribution in [2.45, 2.75) is 3.66 Å². The quantitative estimate of drug-likeness (QED) is 0.405. The number of nitrogens with one attached hydrogen (secondary N) is 1. The van der Waals surface area contributed by atoms with Crippen molar-refractivity contribution < 1.29 is 13.0 Å². The van der Waals surface area contributed by atoms with Crippen LogP contribution in [-0.4, -0.2) is 16.6 Å². The summed E-state index contributed by atoms with van der Waals surface area (Å²) in [4.78, 5) is 0. The van der Waals surface area contributed by atoms with E-state index in [0.29, 0.717) is 11.8 Å². The number of rotatable bonds is 1. The molecule has 1 rings (SSSR count). The molecule has 0 spiro atoms. The van der Waals surface area contributed by atoms with E-state index in [9.17, 15) is 8.42 Å². The van der Waals surface area contributed by atoms with Crippen molar-refractivity contribution in [3.8, 4) is 0 Å². The molecule has 1 unspecified atom stereocenters. The summed E-state index contributed by atoms with van der Waals surface area (Å²) < 4.78 is 27.7. The van der Waals surface area contributed by atoms with E-state index in [-0.39, 0.29) is 5.16 Å². The first-order valence-electron chi connectivity index (χ1n) is 2.33. The zero-order valence-electron chi connectivity index (χ0n) is 4.91. The SMILES string of the molecule is O=S(=O)(O)C1(Cl)NC(Cl)=CS1. The minimum Gasteiger partial charge on any atom is -0.334 e. The number of alkyl halides is 1. The zero-order valence-corrected chi connectivity index (χ0v) is 8.06. The molecule has 0 aromatic rings. The van der Waals surface area contributed by atoms with E-state index in [1.165, 1.54) is 5.41 Å². The predicted octanol–water partition coefficient (Wildman–Crippen LogP) is 1.10. The van der Waals surface area contributed by atoms with Crippen molar-refractivity contribution in [3.05, 3.63) is 10.6 Å². The maximum atomic E-state index is 10.5. The summed E-state index contributed by atoms with van der Waals surface area (Å²) in [5.74, 6) is 0. The maximum absolute atomic E-state index is 10.5. The monoisotopic (exact) mass is 235 g/mol. The molecule has 1 aliphatic heterocycles. The normalized spacial score (nSPS) is 31.4. The zero-order chi connectivity index (χ0) is 8.70. The molecule has 4 nitrogen and oxygen atoms in total. The third-order valence-electron chi connectivity index (χ3n) is 0.914. The molecule has 1 heterocycles. The molecule has 0 aliphatic carbocycles. The molecule has 8 heteroatoms. The average Bonchev–Trinajstić information content (AvgIpc) is 2.10. The molecule has 0 bridgehead atoms. The summed E-state index contributed by atoms with van der Waals surface area (Å²) in [6, 6.07) is 0. The first-order chi connectivity index (χ1) is 4.85. The first-order valence-corrected chi connectivity index (χ1v) is 5.40. The van der Waals surface area contributed by atoms with Gasteiger partial charge in [-0.2, -0.15) is 8.42 Å². The molecular formula is C3H3Cl2NO3S2. The van der Waals surface area contributed by atoms with Gasteiger partial charge in [0.2, 0.25) is 0 Å². The lowest BCUT2D eigenvalue weighted by Gasteiger charge is -2.16. The fraction of sp³-hybridized carbons (Fsp3) is 0.333. The Kier molecular flexibility index (Phi) is 2.33. The highest BCUT2D eigenvalue weighted by Crippen LogP contribution is 2.40. The van der Waals surface area contributed by atoms with E-state index in [1.54, 1.807) is 0 Å². The van der Waals surface area contributed by atoms with Crippen LogP contribution in [0.5, 0.6) is 0 Å². The van der Waals surface area contributed by atoms with Crippen LogP contribution in [0.2, 0.25) is 0 Å². The second kappa shape index (κ2) is 2.70.